The largest absolute Gasteiger partial charge is 0.573 e. The topological polar surface area (TPSA) is 48.3 Å². The maximum absolute atomic E-state index is 12.4. The Balaban J connectivity index is 2.27. The van der Waals surface area contributed by atoms with E-state index in [4.69, 9.17) is 0 Å². The molecule has 1 fully saturated rings. The van der Waals surface area contributed by atoms with Crippen LogP contribution >= 0.6 is 0 Å². The van der Waals surface area contributed by atoms with Gasteiger partial charge in [-0.2, -0.15) is 5.26 Å². The summed E-state index contributed by atoms with van der Waals surface area (Å²) in [7, 11) is 0. The van der Waals surface area contributed by atoms with Crippen LogP contribution in [-0.2, 0) is 0 Å². The van der Waals surface area contributed by atoms with Gasteiger partial charge >= 0.3 is 6.36 Å². The van der Waals surface area contributed by atoms with Crippen LogP contribution in [0, 0.1) is 11.3 Å². The van der Waals surface area contributed by atoms with E-state index in [1.165, 1.54) is 18.2 Å². The summed E-state index contributed by atoms with van der Waals surface area (Å²) in [6, 6.07) is 7.11. The number of para-hydroxylation sites is 1. The molecule has 1 aromatic rings. The van der Waals surface area contributed by atoms with Gasteiger partial charge in [0.2, 0.25) is 0 Å². The van der Waals surface area contributed by atoms with Crippen molar-refractivity contribution in [2.75, 3.05) is 26.2 Å². The van der Waals surface area contributed by atoms with Crippen LogP contribution in [0.4, 0.5) is 13.2 Å². The number of halogens is 3. The Morgan fingerprint density at radius 1 is 1.25 bits per heavy atom. The molecule has 7 heteroatoms. The SMILES string of the molecule is N#CC(c1ccccc1OC(F)(F)F)N1CCNCC1. The highest BCUT2D eigenvalue weighted by Gasteiger charge is 2.34. The van der Waals surface area contributed by atoms with Crippen LogP contribution in [0.2, 0.25) is 0 Å². The average molecular weight is 285 g/mol. The van der Waals surface area contributed by atoms with E-state index >= 15 is 0 Å². The van der Waals surface area contributed by atoms with Gasteiger partial charge in [0.05, 0.1) is 6.07 Å². The highest BCUT2D eigenvalue weighted by Crippen LogP contribution is 2.32. The number of alkyl halides is 3. The van der Waals surface area contributed by atoms with Gasteiger partial charge in [-0.05, 0) is 6.07 Å². The lowest BCUT2D eigenvalue weighted by Gasteiger charge is -2.31. The van der Waals surface area contributed by atoms with Crippen LogP contribution in [0.1, 0.15) is 11.6 Å². The smallest absolute Gasteiger partial charge is 0.405 e. The molecule has 1 aromatic carbocycles. The van der Waals surface area contributed by atoms with E-state index in [2.05, 4.69) is 16.1 Å². The van der Waals surface area contributed by atoms with Crippen molar-refractivity contribution in [3.8, 4) is 11.8 Å². The highest BCUT2D eigenvalue weighted by molar-refractivity contribution is 5.39. The first kappa shape index (κ1) is 14.6. The van der Waals surface area contributed by atoms with Gasteiger partial charge < -0.3 is 10.1 Å². The van der Waals surface area contributed by atoms with E-state index in [0.29, 0.717) is 26.2 Å². The van der Waals surface area contributed by atoms with Gasteiger partial charge in [0.25, 0.3) is 0 Å². The molecule has 4 nitrogen and oxygen atoms in total. The second kappa shape index (κ2) is 6.11. The molecule has 0 saturated carbocycles. The van der Waals surface area contributed by atoms with E-state index in [-0.39, 0.29) is 11.3 Å². The molecule has 1 heterocycles. The first-order valence-electron chi connectivity index (χ1n) is 6.20. The summed E-state index contributed by atoms with van der Waals surface area (Å²) in [6.45, 7) is 2.64. The van der Waals surface area contributed by atoms with Gasteiger partial charge in [0.1, 0.15) is 11.8 Å². The fourth-order valence-electron chi connectivity index (χ4n) is 2.21. The van der Waals surface area contributed by atoms with E-state index in [1.807, 2.05) is 4.90 Å². The van der Waals surface area contributed by atoms with E-state index in [9.17, 15) is 18.4 Å². The molecule has 1 aliphatic rings. The monoisotopic (exact) mass is 285 g/mol. The molecule has 20 heavy (non-hydrogen) atoms. The first-order valence-corrected chi connectivity index (χ1v) is 6.20. The molecule has 0 spiro atoms. The van der Waals surface area contributed by atoms with Gasteiger partial charge in [0, 0.05) is 31.7 Å². The molecule has 0 bridgehead atoms. The number of rotatable bonds is 3. The number of benzene rings is 1. The number of piperazine rings is 1. The summed E-state index contributed by atoms with van der Waals surface area (Å²) < 4.78 is 41.2. The van der Waals surface area contributed by atoms with Crippen LogP contribution < -0.4 is 10.1 Å². The van der Waals surface area contributed by atoms with Crippen LogP contribution in [-0.4, -0.2) is 37.4 Å². The summed E-state index contributed by atoms with van der Waals surface area (Å²) in [5.41, 5.74) is 0.245. The minimum atomic E-state index is -4.76. The van der Waals surface area contributed by atoms with Crippen molar-refractivity contribution in [2.45, 2.75) is 12.4 Å². The molecule has 0 aliphatic carbocycles. The fraction of sp³-hybridized carbons (Fsp3) is 0.462. The van der Waals surface area contributed by atoms with Crippen molar-refractivity contribution in [2.24, 2.45) is 0 Å². The van der Waals surface area contributed by atoms with Gasteiger partial charge in [-0.15, -0.1) is 13.2 Å². The van der Waals surface area contributed by atoms with Crippen molar-refractivity contribution in [1.29, 1.82) is 5.26 Å². The first-order chi connectivity index (χ1) is 9.51. The molecule has 2 rings (SSSR count). The average Bonchev–Trinajstić information content (AvgIpc) is 2.41. The normalized spacial score (nSPS) is 18.3. The third kappa shape index (κ3) is 3.62. The third-order valence-electron chi connectivity index (χ3n) is 3.08. The molecular formula is C13H14F3N3O. The standard InChI is InChI=1S/C13H14F3N3O/c14-13(15,16)20-12-4-2-1-3-10(12)11(9-17)19-7-5-18-6-8-19/h1-4,11,18H,5-8H2. The Kier molecular flexibility index (Phi) is 4.47. The maximum atomic E-state index is 12.4. The number of nitriles is 1. The lowest BCUT2D eigenvalue weighted by atomic mass is 10.0. The summed E-state index contributed by atoms with van der Waals surface area (Å²) in [5.74, 6) is -0.315. The second-order valence-corrected chi connectivity index (χ2v) is 4.40. The highest BCUT2D eigenvalue weighted by atomic mass is 19.4. The molecule has 0 aromatic heterocycles. The molecule has 1 unspecified atom stereocenters. The Bertz CT molecular complexity index is 492. The van der Waals surface area contributed by atoms with Crippen LogP contribution in [0.25, 0.3) is 0 Å². The molecule has 0 amide bonds. The molecule has 1 atom stereocenters. The van der Waals surface area contributed by atoms with Crippen LogP contribution in [0.3, 0.4) is 0 Å². The molecule has 1 N–H and O–H groups in total. The van der Waals surface area contributed by atoms with E-state index in [0.717, 1.165) is 0 Å². The van der Waals surface area contributed by atoms with Crippen molar-refractivity contribution in [3.63, 3.8) is 0 Å². The summed E-state index contributed by atoms with van der Waals surface area (Å²) in [6.07, 6.45) is -4.76. The number of nitrogens with one attached hydrogen (secondary N) is 1. The minimum absolute atomic E-state index is 0.245. The van der Waals surface area contributed by atoms with Crippen molar-refractivity contribution >= 4 is 0 Å². The summed E-state index contributed by atoms with van der Waals surface area (Å²) in [5, 5.41) is 12.4. The third-order valence-corrected chi connectivity index (χ3v) is 3.08. The zero-order chi connectivity index (χ0) is 14.6. The van der Waals surface area contributed by atoms with Gasteiger partial charge in [-0.3, -0.25) is 4.90 Å². The van der Waals surface area contributed by atoms with Gasteiger partial charge in [0.15, 0.2) is 0 Å². The van der Waals surface area contributed by atoms with Gasteiger partial charge in [-0.25, -0.2) is 0 Å². The van der Waals surface area contributed by atoms with Crippen LogP contribution in [0.15, 0.2) is 24.3 Å². The lowest BCUT2D eigenvalue weighted by molar-refractivity contribution is -0.275. The lowest BCUT2D eigenvalue weighted by Crippen LogP contribution is -2.45. The Hall–Kier alpha value is -1.78. The fourth-order valence-corrected chi connectivity index (χ4v) is 2.21. The molecule has 1 saturated heterocycles. The van der Waals surface area contributed by atoms with Crippen molar-refractivity contribution < 1.29 is 17.9 Å². The predicted octanol–water partition coefficient (Wildman–Crippen LogP) is 2.06. The Labute approximate surface area is 114 Å². The second-order valence-electron chi connectivity index (χ2n) is 4.40. The van der Waals surface area contributed by atoms with Crippen molar-refractivity contribution in [3.05, 3.63) is 29.8 Å². The summed E-state index contributed by atoms with van der Waals surface area (Å²) in [4.78, 5) is 1.84. The van der Waals surface area contributed by atoms with Gasteiger partial charge in [-0.1, -0.05) is 18.2 Å². The Morgan fingerprint density at radius 3 is 2.50 bits per heavy atom. The number of hydrogen-bond donors (Lipinski definition) is 1. The maximum Gasteiger partial charge on any atom is 0.573 e. The molecule has 0 radical (unpaired) electrons. The molecule has 108 valence electrons. The number of nitrogens with zero attached hydrogens (tertiary/aromatic N) is 2. The van der Waals surface area contributed by atoms with E-state index < -0.39 is 12.4 Å². The summed E-state index contributed by atoms with van der Waals surface area (Å²) >= 11 is 0. The number of hydrogen-bond acceptors (Lipinski definition) is 4. The molecule has 1 aliphatic heterocycles. The van der Waals surface area contributed by atoms with Crippen molar-refractivity contribution in [1.82, 2.24) is 10.2 Å². The quantitative estimate of drug-likeness (QED) is 0.923. The Morgan fingerprint density at radius 2 is 1.90 bits per heavy atom. The zero-order valence-electron chi connectivity index (χ0n) is 10.7. The molecular weight excluding hydrogens is 271 g/mol. The van der Waals surface area contributed by atoms with Crippen LogP contribution in [0.5, 0.6) is 5.75 Å². The minimum Gasteiger partial charge on any atom is -0.405 e. The van der Waals surface area contributed by atoms with E-state index in [1.54, 1.807) is 6.07 Å². The number of ether oxygens (including phenoxy) is 1. The zero-order valence-corrected chi connectivity index (χ0v) is 10.7. The predicted molar refractivity (Wildman–Crippen MR) is 65.9 cm³/mol.